The largest absolute Gasteiger partial charge is 0.458 e. The molecule has 2 aromatic heterocycles. The first-order valence-electron chi connectivity index (χ1n) is 6.30. The topological polar surface area (TPSA) is 68.5 Å². The number of rotatable bonds is 3. The molecule has 3 rings (SSSR count). The third-order valence-electron chi connectivity index (χ3n) is 3.08. The zero-order chi connectivity index (χ0) is 14.8. The van der Waals surface area contributed by atoms with E-state index in [9.17, 15) is 9.18 Å². The summed E-state index contributed by atoms with van der Waals surface area (Å²) in [7, 11) is 0. The van der Waals surface area contributed by atoms with E-state index in [1.807, 2.05) is 0 Å². The molecule has 0 radical (unpaired) electrons. The number of carbonyl (C=O) groups is 1. The van der Waals surface area contributed by atoms with Gasteiger partial charge in [-0.2, -0.15) is 0 Å². The summed E-state index contributed by atoms with van der Waals surface area (Å²) in [4.78, 5) is 21.3. The third-order valence-corrected chi connectivity index (χ3v) is 3.51. The van der Waals surface area contributed by atoms with E-state index in [2.05, 4.69) is 25.9 Å². The smallest absolute Gasteiger partial charge is 0.316 e. The van der Waals surface area contributed by atoms with Gasteiger partial charge in [0.25, 0.3) is 5.91 Å². The lowest BCUT2D eigenvalue weighted by Crippen LogP contribution is -2.30. The number of hydrogen-bond donors (Lipinski definition) is 0. The van der Waals surface area contributed by atoms with Crippen molar-refractivity contribution in [1.82, 2.24) is 14.9 Å². The lowest BCUT2D eigenvalue weighted by molar-refractivity contribution is 0.0737. The third kappa shape index (κ3) is 3.21. The summed E-state index contributed by atoms with van der Waals surface area (Å²) in [6, 6.07) is 3.39. The van der Waals surface area contributed by atoms with Crippen molar-refractivity contribution in [2.24, 2.45) is 0 Å². The minimum atomic E-state index is -0.519. The van der Waals surface area contributed by atoms with E-state index < -0.39 is 5.82 Å². The van der Waals surface area contributed by atoms with Gasteiger partial charge in [0.1, 0.15) is 6.10 Å². The van der Waals surface area contributed by atoms with Gasteiger partial charge in [-0.1, -0.05) is 0 Å². The second kappa shape index (κ2) is 5.80. The van der Waals surface area contributed by atoms with E-state index in [4.69, 9.17) is 9.15 Å². The van der Waals surface area contributed by atoms with Crippen LogP contribution in [0.3, 0.4) is 0 Å². The van der Waals surface area contributed by atoms with Gasteiger partial charge in [-0.15, -0.1) is 0 Å². The Morgan fingerprint density at radius 3 is 2.86 bits per heavy atom. The van der Waals surface area contributed by atoms with Gasteiger partial charge in [0, 0.05) is 13.0 Å². The Morgan fingerprint density at radius 2 is 2.19 bits per heavy atom. The summed E-state index contributed by atoms with van der Waals surface area (Å²) in [5.74, 6) is -0.429. The molecule has 1 amide bonds. The molecule has 21 heavy (non-hydrogen) atoms. The molecule has 1 aliphatic rings. The summed E-state index contributed by atoms with van der Waals surface area (Å²) < 4.78 is 24.0. The number of likely N-dealkylation sites (tertiary alicyclic amines) is 1. The first kappa shape index (κ1) is 14.0. The van der Waals surface area contributed by atoms with Crippen LogP contribution in [-0.4, -0.2) is 40.0 Å². The summed E-state index contributed by atoms with van der Waals surface area (Å²) in [5.41, 5.74) is 0. The standard InChI is InChI=1S/C13H11BrFN3O3/c14-11-2-1-10(21-11)12(19)18-4-3-9(7-18)20-13-16-5-8(15)6-17-13/h1-2,5-6,9H,3-4,7H2. The molecule has 0 spiro atoms. The second-order valence-corrected chi connectivity index (χ2v) is 5.35. The minimum absolute atomic E-state index is 0.108. The van der Waals surface area contributed by atoms with Crippen LogP contribution in [0, 0.1) is 5.82 Å². The Hall–Kier alpha value is -1.96. The molecule has 110 valence electrons. The monoisotopic (exact) mass is 355 g/mol. The highest BCUT2D eigenvalue weighted by Crippen LogP contribution is 2.20. The second-order valence-electron chi connectivity index (χ2n) is 4.57. The maximum Gasteiger partial charge on any atom is 0.316 e. The lowest BCUT2D eigenvalue weighted by Gasteiger charge is -2.15. The van der Waals surface area contributed by atoms with Crippen molar-refractivity contribution in [3.8, 4) is 6.01 Å². The number of furan rings is 1. The molecule has 0 bridgehead atoms. The highest BCUT2D eigenvalue weighted by Gasteiger charge is 2.30. The van der Waals surface area contributed by atoms with Gasteiger partial charge in [0.05, 0.1) is 18.9 Å². The van der Waals surface area contributed by atoms with Crippen molar-refractivity contribution in [1.29, 1.82) is 0 Å². The maximum atomic E-state index is 12.7. The van der Waals surface area contributed by atoms with Crippen LogP contribution in [0.1, 0.15) is 17.0 Å². The van der Waals surface area contributed by atoms with Crippen LogP contribution in [0.25, 0.3) is 0 Å². The van der Waals surface area contributed by atoms with Crippen molar-refractivity contribution < 1.29 is 18.3 Å². The number of nitrogens with zero attached hydrogens (tertiary/aromatic N) is 3. The fraction of sp³-hybridized carbons (Fsp3) is 0.308. The maximum absolute atomic E-state index is 12.7. The Kier molecular flexibility index (Phi) is 3.87. The van der Waals surface area contributed by atoms with E-state index in [-0.39, 0.29) is 23.8 Å². The molecule has 8 heteroatoms. The molecule has 6 nitrogen and oxygen atoms in total. The molecule has 1 saturated heterocycles. The molecule has 3 heterocycles. The van der Waals surface area contributed by atoms with Crippen LogP contribution in [-0.2, 0) is 0 Å². The number of halogens is 2. The lowest BCUT2D eigenvalue weighted by atomic mass is 10.3. The van der Waals surface area contributed by atoms with Crippen LogP contribution in [0.2, 0.25) is 0 Å². The predicted molar refractivity (Wildman–Crippen MR) is 73.3 cm³/mol. The molecule has 0 aromatic carbocycles. The van der Waals surface area contributed by atoms with Crippen LogP contribution in [0.4, 0.5) is 4.39 Å². The molecule has 1 aliphatic heterocycles. The summed E-state index contributed by atoms with van der Waals surface area (Å²) >= 11 is 3.16. The van der Waals surface area contributed by atoms with Crippen LogP contribution in [0.15, 0.2) is 33.6 Å². The van der Waals surface area contributed by atoms with Gasteiger partial charge in [0.2, 0.25) is 0 Å². The quantitative estimate of drug-likeness (QED) is 0.844. The molecule has 0 N–H and O–H groups in total. The molecule has 1 fully saturated rings. The summed E-state index contributed by atoms with van der Waals surface area (Å²) in [6.07, 6.45) is 2.54. The zero-order valence-electron chi connectivity index (χ0n) is 10.8. The number of aromatic nitrogens is 2. The van der Waals surface area contributed by atoms with Crippen LogP contribution < -0.4 is 4.74 Å². The minimum Gasteiger partial charge on any atom is -0.458 e. The highest BCUT2D eigenvalue weighted by molar-refractivity contribution is 9.10. The van der Waals surface area contributed by atoms with Gasteiger partial charge >= 0.3 is 6.01 Å². The molecule has 0 aliphatic carbocycles. The Balaban J connectivity index is 1.60. The van der Waals surface area contributed by atoms with Crippen molar-refractivity contribution >= 4 is 21.8 Å². The fourth-order valence-corrected chi connectivity index (χ4v) is 2.41. The SMILES string of the molecule is O=C(c1ccc(Br)o1)N1CCC(Oc2ncc(F)cn2)C1. The van der Waals surface area contributed by atoms with Crippen molar-refractivity contribution in [2.45, 2.75) is 12.5 Å². The summed E-state index contributed by atoms with van der Waals surface area (Å²) in [6.45, 7) is 0.973. The highest BCUT2D eigenvalue weighted by atomic mass is 79.9. The van der Waals surface area contributed by atoms with E-state index >= 15 is 0 Å². The molecular formula is C13H11BrFN3O3. The van der Waals surface area contributed by atoms with Crippen LogP contribution in [0.5, 0.6) is 6.01 Å². The van der Waals surface area contributed by atoms with Gasteiger partial charge in [-0.3, -0.25) is 4.79 Å². The molecular weight excluding hydrogens is 345 g/mol. The zero-order valence-corrected chi connectivity index (χ0v) is 12.4. The molecule has 1 atom stereocenters. The Bertz CT molecular complexity index is 646. The van der Waals surface area contributed by atoms with E-state index in [0.717, 1.165) is 12.4 Å². The fourth-order valence-electron chi connectivity index (χ4n) is 2.10. The van der Waals surface area contributed by atoms with Crippen LogP contribution >= 0.6 is 15.9 Å². The summed E-state index contributed by atoms with van der Waals surface area (Å²) in [5, 5.41) is 0. The van der Waals surface area contributed by atoms with Crippen molar-refractivity contribution in [3.63, 3.8) is 0 Å². The van der Waals surface area contributed by atoms with Gasteiger partial charge in [-0.05, 0) is 28.1 Å². The van der Waals surface area contributed by atoms with Gasteiger partial charge in [-0.25, -0.2) is 14.4 Å². The first-order valence-corrected chi connectivity index (χ1v) is 7.10. The van der Waals surface area contributed by atoms with E-state index in [0.29, 0.717) is 24.2 Å². The Labute approximate surface area is 128 Å². The molecule has 0 saturated carbocycles. The predicted octanol–water partition coefficient (Wildman–Crippen LogP) is 2.26. The van der Waals surface area contributed by atoms with E-state index in [1.165, 1.54) is 0 Å². The Morgan fingerprint density at radius 1 is 1.43 bits per heavy atom. The number of hydrogen-bond acceptors (Lipinski definition) is 5. The normalized spacial score (nSPS) is 18.0. The molecule has 1 unspecified atom stereocenters. The number of ether oxygens (including phenoxy) is 1. The first-order chi connectivity index (χ1) is 10.1. The average molecular weight is 356 g/mol. The molecule has 2 aromatic rings. The van der Waals surface area contributed by atoms with Gasteiger partial charge in [0.15, 0.2) is 16.2 Å². The number of amides is 1. The van der Waals surface area contributed by atoms with Gasteiger partial charge < -0.3 is 14.1 Å². The number of carbonyl (C=O) groups excluding carboxylic acids is 1. The van der Waals surface area contributed by atoms with Crippen molar-refractivity contribution in [2.75, 3.05) is 13.1 Å². The average Bonchev–Trinajstić information content (AvgIpc) is 3.10. The van der Waals surface area contributed by atoms with Crippen molar-refractivity contribution in [3.05, 3.63) is 40.8 Å². The van der Waals surface area contributed by atoms with E-state index in [1.54, 1.807) is 17.0 Å².